The van der Waals surface area contributed by atoms with Gasteiger partial charge in [0, 0.05) is 35.8 Å². The maximum atomic E-state index is 14.4. The number of aromatic nitrogens is 3. The highest BCUT2D eigenvalue weighted by Gasteiger charge is 2.24. The first-order valence-corrected chi connectivity index (χ1v) is 11.6. The first-order valence-electron chi connectivity index (χ1n) is 10.1. The van der Waals surface area contributed by atoms with Gasteiger partial charge in [0.2, 0.25) is 0 Å². The molecule has 8 nitrogen and oxygen atoms in total. The van der Waals surface area contributed by atoms with Crippen molar-refractivity contribution in [2.24, 2.45) is 0 Å². The van der Waals surface area contributed by atoms with Crippen LogP contribution >= 0.6 is 0 Å². The molecule has 0 saturated carbocycles. The predicted octanol–water partition coefficient (Wildman–Crippen LogP) is 4.61. The van der Waals surface area contributed by atoms with Crippen LogP contribution in [0.2, 0.25) is 0 Å². The third kappa shape index (κ3) is 4.96. The largest absolute Gasteiger partial charge is 0.333 e. The van der Waals surface area contributed by atoms with Gasteiger partial charge in [0.1, 0.15) is 5.82 Å². The van der Waals surface area contributed by atoms with Crippen LogP contribution in [-0.4, -0.2) is 29.2 Å². The minimum absolute atomic E-state index is 0.0362. The molecule has 2 N–H and O–H groups in total. The molecular weight excluding hydrogens is 433 g/mol. The van der Waals surface area contributed by atoms with E-state index in [1.54, 1.807) is 18.5 Å². The molecule has 10 heteroatoms. The lowest BCUT2D eigenvalue weighted by molar-refractivity contribution is 0.256. The summed E-state index contributed by atoms with van der Waals surface area (Å²) in [5.41, 5.74) is 2.71. The molecule has 1 aromatic carbocycles. The van der Waals surface area contributed by atoms with Crippen molar-refractivity contribution in [3.05, 3.63) is 59.8 Å². The number of carbonyl (C=O) groups is 1. The number of urea groups is 1. The van der Waals surface area contributed by atoms with Gasteiger partial charge in [-0.3, -0.25) is 9.67 Å². The van der Waals surface area contributed by atoms with Crippen molar-refractivity contribution in [2.75, 3.05) is 5.32 Å². The number of carbonyl (C=O) groups excluding carboxylic acids is 1. The van der Waals surface area contributed by atoms with Crippen LogP contribution in [0.5, 0.6) is 0 Å². The first kappa shape index (κ1) is 23.4. The number of hydrogen-bond donors (Lipinski definition) is 2. The second-order valence-electron chi connectivity index (χ2n) is 8.05. The fourth-order valence-electron chi connectivity index (χ4n) is 3.25. The van der Waals surface area contributed by atoms with Crippen LogP contribution in [0.4, 0.5) is 14.9 Å². The highest BCUT2D eigenvalue weighted by molar-refractivity contribution is 7.90. The third-order valence-electron chi connectivity index (χ3n) is 4.94. The van der Waals surface area contributed by atoms with Crippen molar-refractivity contribution in [1.29, 1.82) is 0 Å². The molecule has 32 heavy (non-hydrogen) atoms. The van der Waals surface area contributed by atoms with Gasteiger partial charge < -0.3 is 5.32 Å². The van der Waals surface area contributed by atoms with Crippen LogP contribution in [0, 0.1) is 12.7 Å². The van der Waals surface area contributed by atoms with Crippen molar-refractivity contribution < 1.29 is 17.6 Å². The van der Waals surface area contributed by atoms with Crippen molar-refractivity contribution in [3.63, 3.8) is 0 Å². The molecule has 3 aromatic rings. The smallest absolute Gasteiger partial charge is 0.306 e. The molecule has 0 unspecified atom stereocenters. The molecule has 0 radical (unpaired) electrons. The Morgan fingerprint density at radius 1 is 1.12 bits per heavy atom. The van der Waals surface area contributed by atoms with E-state index in [4.69, 9.17) is 0 Å². The summed E-state index contributed by atoms with van der Waals surface area (Å²) >= 11 is 0. The standard InChI is InChI=1S/C22H26FN5O3S/c1-13(2)17-10-16(23)11-18(19-12-24-8-6-15(19)5)21(17)25-22(29)27-32(30,31)20-7-9-28(26-20)14(3)4/h6-14H,1-5H3,(H2,25,27,29). The Balaban J connectivity index is 1.98. The van der Waals surface area contributed by atoms with Crippen molar-refractivity contribution in [1.82, 2.24) is 19.5 Å². The quantitative estimate of drug-likeness (QED) is 0.560. The Kier molecular flexibility index (Phi) is 6.63. The van der Waals surface area contributed by atoms with Crippen LogP contribution in [0.3, 0.4) is 0 Å². The zero-order chi connectivity index (χ0) is 23.6. The van der Waals surface area contributed by atoms with Gasteiger partial charge >= 0.3 is 6.03 Å². The van der Waals surface area contributed by atoms with Crippen molar-refractivity contribution >= 4 is 21.7 Å². The Bertz CT molecular complexity index is 1250. The number of nitrogens with one attached hydrogen (secondary N) is 2. The van der Waals surface area contributed by atoms with Gasteiger partial charge in [-0.2, -0.15) is 13.5 Å². The molecule has 0 spiro atoms. The van der Waals surface area contributed by atoms with Crippen LogP contribution in [0.1, 0.15) is 50.8 Å². The Hall–Kier alpha value is -3.27. The lowest BCUT2D eigenvalue weighted by Crippen LogP contribution is -2.35. The molecule has 2 heterocycles. The minimum atomic E-state index is -4.20. The lowest BCUT2D eigenvalue weighted by Gasteiger charge is -2.19. The number of hydrogen-bond acceptors (Lipinski definition) is 5. The topological polar surface area (TPSA) is 106 Å². The molecule has 3 rings (SSSR count). The van der Waals surface area contributed by atoms with Crippen LogP contribution < -0.4 is 10.0 Å². The summed E-state index contributed by atoms with van der Waals surface area (Å²) in [5, 5.41) is 6.34. The lowest BCUT2D eigenvalue weighted by atomic mass is 9.93. The normalized spacial score (nSPS) is 11.8. The Morgan fingerprint density at radius 3 is 2.44 bits per heavy atom. The number of aryl methyl sites for hydroxylation is 1. The number of pyridine rings is 1. The van der Waals surface area contributed by atoms with E-state index in [9.17, 15) is 17.6 Å². The average molecular weight is 460 g/mol. The minimum Gasteiger partial charge on any atom is -0.306 e. The number of anilines is 1. The Labute approximate surface area is 186 Å². The molecule has 0 aliphatic heterocycles. The van der Waals surface area contributed by atoms with Crippen LogP contribution in [-0.2, 0) is 10.0 Å². The van der Waals surface area contributed by atoms with Gasteiger partial charge in [-0.1, -0.05) is 13.8 Å². The third-order valence-corrected chi connectivity index (χ3v) is 6.16. The zero-order valence-corrected chi connectivity index (χ0v) is 19.4. The highest BCUT2D eigenvalue weighted by atomic mass is 32.2. The summed E-state index contributed by atoms with van der Waals surface area (Å²) in [5.74, 6) is -0.611. The molecule has 2 amide bonds. The molecular formula is C22H26FN5O3S. The SMILES string of the molecule is Cc1ccncc1-c1cc(F)cc(C(C)C)c1NC(=O)NS(=O)(=O)c1ccn(C(C)C)n1. The molecule has 0 atom stereocenters. The van der Waals surface area contributed by atoms with Gasteiger partial charge in [0.05, 0.1) is 5.69 Å². The number of amides is 2. The van der Waals surface area contributed by atoms with E-state index in [1.807, 2.05) is 39.3 Å². The molecule has 170 valence electrons. The summed E-state index contributed by atoms with van der Waals surface area (Å²) in [4.78, 5) is 16.8. The van der Waals surface area contributed by atoms with Crippen LogP contribution in [0.15, 0.2) is 47.9 Å². The Morgan fingerprint density at radius 2 is 1.84 bits per heavy atom. The molecule has 0 bridgehead atoms. The monoisotopic (exact) mass is 459 g/mol. The molecule has 0 fully saturated rings. The molecule has 2 aromatic heterocycles. The molecule has 0 saturated heterocycles. The van der Waals surface area contributed by atoms with E-state index in [2.05, 4.69) is 15.4 Å². The fraction of sp³-hybridized carbons (Fsp3) is 0.318. The number of rotatable bonds is 6. The highest BCUT2D eigenvalue weighted by Crippen LogP contribution is 2.37. The van der Waals surface area contributed by atoms with Crippen molar-refractivity contribution in [3.8, 4) is 11.1 Å². The van der Waals surface area contributed by atoms with Crippen LogP contribution in [0.25, 0.3) is 11.1 Å². The molecule has 0 aliphatic rings. The zero-order valence-electron chi connectivity index (χ0n) is 18.5. The van der Waals surface area contributed by atoms with Gasteiger partial charge in [0.25, 0.3) is 10.0 Å². The maximum Gasteiger partial charge on any atom is 0.333 e. The summed E-state index contributed by atoms with van der Waals surface area (Å²) in [6, 6.07) is 4.70. The number of nitrogens with zero attached hydrogens (tertiary/aromatic N) is 3. The predicted molar refractivity (Wildman–Crippen MR) is 120 cm³/mol. The van der Waals surface area contributed by atoms with E-state index in [-0.39, 0.29) is 17.0 Å². The van der Waals surface area contributed by atoms with E-state index < -0.39 is 21.9 Å². The summed E-state index contributed by atoms with van der Waals surface area (Å²) in [7, 11) is -4.20. The molecule has 0 aliphatic carbocycles. The van der Waals surface area contributed by atoms with Crippen molar-refractivity contribution in [2.45, 2.75) is 51.6 Å². The number of halogens is 1. The second kappa shape index (κ2) is 9.07. The van der Waals surface area contributed by atoms with Gasteiger partial charge in [-0.15, -0.1) is 0 Å². The van der Waals surface area contributed by atoms with E-state index >= 15 is 0 Å². The summed E-state index contributed by atoms with van der Waals surface area (Å²) in [6.45, 7) is 9.26. The van der Waals surface area contributed by atoms with E-state index in [0.717, 1.165) is 5.56 Å². The first-order chi connectivity index (χ1) is 15.0. The number of benzene rings is 1. The van der Waals surface area contributed by atoms with Gasteiger partial charge in [-0.05, 0) is 62.1 Å². The van der Waals surface area contributed by atoms with Gasteiger partial charge in [-0.25, -0.2) is 13.9 Å². The number of sulfonamides is 1. The van der Waals surface area contributed by atoms with E-state index in [1.165, 1.54) is 29.1 Å². The average Bonchev–Trinajstić information content (AvgIpc) is 3.20. The summed E-state index contributed by atoms with van der Waals surface area (Å²) < 4.78 is 43.2. The fourth-order valence-corrected chi connectivity index (χ4v) is 4.09. The van der Waals surface area contributed by atoms with E-state index in [0.29, 0.717) is 22.4 Å². The maximum absolute atomic E-state index is 14.4. The second-order valence-corrected chi connectivity index (χ2v) is 9.68. The van der Waals surface area contributed by atoms with Gasteiger partial charge in [0.15, 0.2) is 5.03 Å². The summed E-state index contributed by atoms with van der Waals surface area (Å²) in [6.07, 6.45) is 4.72.